The van der Waals surface area contributed by atoms with Gasteiger partial charge in [-0.3, -0.25) is 4.79 Å². The second-order valence-corrected chi connectivity index (χ2v) is 7.86. The average molecular weight is 339 g/mol. The van der Waals surface area contributed by atoms with E-state index >= 15 is 0 Å². The Morgan fingerprint density at radius 1 is 0.625 bits per heavy atom. The molecule has 0 heterocycles. The standard InChI is InChI=1S/C23H46O/c1-5-9-12-13-15-18-21(17-14-10-6-2)20-22(16-8-4)23(24)19-11-7-3/h21-22H,5-20H2,1-4H3. The molecule has 0 rings (SSSR count). The Labute approximate surface area is 153 Å². The SMILES string of the molecule is CCCCCCCC(CCCCC)CC(CCC)C(=O)CCCC. The first-order chi connectivity index (χ1) is 11.7. The predicted molar refractivity (Wildman–Crippen MR) is 109 cm³/mol. The second-order valence-electron chi connectivity index (χ2n) is 7.86. The van der Waals surface area contributed by atoms with Crippen LogP contribution in [0.4, 0.5) is 0 Å². The van der Waals surface area contributed by atoms with Crippen molar-refractivity contribution >= 4 is 5.78 Å². The lowest BCUT2D eigenvalue weighted by atomic mass is 9.82. The first kappa shape index (κ1) is 23.7. The van der Waals surface area contributed by atoms with E-state index in [1.165, 1.54) is 70.6 Å². The van der Waals surface area contributed by atoms with Gasteiger partial charge >= 0.3 is 0 Å². The van der Waals surface area contributed by atoms with Crippen molar-refractivity contribution in [3.05, 3.63) is 0 Å². The third-order valence-electron chi connectivity index (χ3n) is 5.42. The molecule has 0 saturated heterocycles. The van der Waals surface area contributed by atoms with E-state index in [-0.39, 0.29) is 0 Å². The van der Waals surface area contributed by atoms with Crippen molar-refractivity contribution < 1.29 is 4.79 Å². The summed E-state index contributed by atoms with van der Waals surface area (Å²) in [5, 5.41) is 0. The summed E-state index contributed by atoms with van der Waals surface area (Å²) >= 11 is 0. The summed E-state index contributed by atoms with van der Waals surface area (Å²) in [7, 11) is 0. The third-order valence-corrected chi connectivity index (χ3v) is 5.42. The molecule has 0 bridgehead atoms. The number of ketones is 1. The topological polar surface area (TPSA) is 17.1 Å². The number of Topliss-reactive ketones (excluding diaryl/α,β-unsaturated/α-hetero) is 1. The summed E-state index contributed by atoms with van der Waals surface area (Å²) in [5.41, 5.74) is 0. The fraction of sp³-hybridized carbons (Fsp3) is 0.957. The van der Waals surface area contributed by atoms with Crippen molar-refractivity contribution in [2.24, 2.45) is 11.8 Å². The molecular weight excluding hydrogens is 292 g/mol. The van der Waals surface area contributed by atoms with Crippen LogP contribution in [0.3, 0.4) is 0 Å². The fourth-order valence-corrected chi connectivity index (χ4v) is 3.82. The Bertz CT molecular complexity index is 271. The predicted octanol–water partition coefficient (Wildman–Crippen LogP) is 8.11. The molecule has 0 fully saturated rings. The Morgan fingerprint density at radius 3 is 1.75 bits per heavy atom. The number of carbonyl (C=O) groups is 1. The van der Waals surface area contributed by atoms with Crippen molar-refractivity contribution in [1.82, 2.24) is 0 Å². The van der Waals surface area contributed by atoms with Crippen molar-refractivity contribution in [2.45, 2.75) is 130 Å². The summed E-state index contributed by atoms with van der Waals surface area (Å²) in [4.78, 5) is 12.6. The molecule has 0 aliphatic heterocycles. The van der Waals surface area contributed by atoms with Crippen LogP contribution in [0.5, 0.6) is 0 Å². The Balaban J connectivity index is 4.43. The Hall–Kier alpha value is -0.330. The van der Waals surface area contributed by atoms with Crippen LogP contribution in [0, 0.1) is 11.8 Å². The third kappa shape index (κ3) is 13.0. The average Bonchev–Trinajstić information content (AvgIpc) is 2.58. The van der Waals surface area contributed by atoms with E-state index in [1.54, 1.807) is 0 Å². The van der Waals surface area contributed by atoms with Gasteiger partial charge in [-0.25, -0.2) is 0 Å². The molecule has 0 N–H and O–H groups in total. The van der Waals surface area contributed by atoms with Crippen LogP contribution in [-0.2, 0) is 4.79 Å². The highest BCUT2D eigenvalue weighted by Gasteiger charge is 2.21. The largest absolute Gasteiger partial charge is 0.299 e. The highest BCUT2D eigenvalue weighted by atomic mass is 16.1. The minimum Gasteiger partial charge on any atom is -0.299 e. The molecule has 0 saturated carbocycles. The molecule has 0 amide bonds. The van der Waals surface area contributed by atoms with Crippen LogP contribution < -0.4 is 0 Å². The summed E-state index contributed by atoms with van der Waals surface area (Å²) in [6.45, 7) is 8.99. The van der Waals surface area contributed by atoms with E-state index < -0.39 is 0 Å². The number of hydrogen-bond acceptors (Lipinski definition) is 1. The molecule has 144 valence electrons. The van der Waals surface area contributed by atoms with Gasteiger partial charge in [-0.05, 0) is 25.2 Å². The summed E-state index contributed by atoms with van der Waals surface area (Å²) in [5.74, 6) is 1.70. The summed E-state index contributed by atoms with van der Waals surface area (Å²) < 4.78 is 0. The van der Waals surface area contributed by atoms with Gasteiger partial charge in [0.1, 0.15) is 5.78 Å². The first-order valence-electron chi connectivity index (χ1n) is 11.2. The van der Waals surface area contributed by atoms with Gasteiger partial charge in [0.25, 0.3) is 0 Å². The molecule has 0 aromatic heterocycles. The summed E-state index contributed by atoms with van der Waals surface area (Å²) in [6.07, 6.45) is 20.1. The van der Waals surface area contributed by atoms with Gasteiger partial charge in [0, 0.05) is 12.3 Å². The van der Waals surface area contributed by atoms with E-state index in [0.29, 0.717) is 11.7 Å². The molecule has 0 aromatic carbocycles. The fourth-order valence-electron chi connectivity index (χ4n) is 3.82. The molecule has 0 aliphatic carbocycles. The zero-order chi connectivity index (χ0) is 18.0. The quantitative estimate of drug-likeness (QED) is 0.231. The number of unbranched alkanes of at least 4 members (excludes halogenated alkanes) is 7. The van der Waals surface area contributed by atoms with Crippen LogP contribution in [0.1, 0.15) is 130 Å². The molecule has 2 atom stereocenters. The van der Waals surface area contributed by atoms with Gasteiger partial charge < -0.3 is 0 Å². The molecule has 2 unspecified atom stereocenters. The molecule has 0 spiro atoms. The highest BCUT2D eigenvalue weighted by molar-refractivity contribution is 5.80. The maximum absolute atomic E-state index is 12.6. The molecule has 0 radical (unpaired) electrons. The number of carbonyl (C=O) groups excluding carboxylic acids is 1. The Morgan fingerprint density at radius 2 is 1.17 bits per heavy atom. The lowest BCUT2D eigenvalue weighted by Gasteiger charge is -2.23. The molecule has 0 aromatic rings. The number of hydrogen-bond donors (Lipinski definition) is 0. The van der Waals surface area contributed by atoms with Gasteiger partial charge in [0.15, 0.2) is 0 Å². The monoisotopic (exact) mass is 338 g/mol. The lowest BCUT2D eigenvalue weighted by Crippen LogP contribution is -2.19. The molecule has 1 heteroatoms. The van der Waals surface area contributed by atoms with Gasteiger partial charge in [-0.2, -0.15) is 0 Å². The van der Waals surface area contributed by atoms with Crippen LogP contribution >= 0.6 is 0 Å². The zero-order valence-corrected chi connectivity index (χ0v) is 17.4. The van der Waals surface area contributed by atoms with E-state index in [4.69, 9.17) is 0 Å². The normalized spacial score (nSPS) is 13.8. The minimum absolute atomic E-state index is 0.351. The second kappa shape index (κ2) is 17.5. The smallest absolute Gasteiger partial charge is 0.135 e. The minimum atomic E-state index is 0.351. The first-order valence-corrected chi connectivity index (χ1v) is 11.2. The van der Waals surface area contributed by atoms with Gasteiger partial charge in [-0.1, -0.05) is 105 Å². The van der Waals surface area contributed by atoms with Crippen molar-refractivity contribution in [1.29, 1.82) is 0 Å². The Kier molecular flexibility index (Phi) is 17.3. The van der Waals surface area contributed by atoms with E-state index in [9.17, 15) is 4.79 Å². The van der Waals surface area contributed by atoms with Crippen LogP contribution in [0.25, 0.3) is 0 Å². The van der Waals surface area contributed by atoms with Crippen LogP contribution in [0.2, 0.25) is 0 Å². The maximum Gasteiger partial charge on any atom is 0.135 e. The molecule has 0 aliphatic rings. The highest BCUT2D eigenvalue weighted by Crippen LogP contribution is 2.28. The van der Waals surface area contributed by atoms with E-state index in [1.807, 2.05) is 0 Å². The van der Waals surface area contributed by atoms with E-state index in [0.717, 1.165) is 38.0 Å². The molecule has 24 heavy (non-hydrogen) atoms. The van der Waals surface area contributed by atoms with Crippen molar-refractivity contribution in [3.8, 4) is 0 Å². The van der Waals surface area contributed by atoms with Crippen molar-refractivity contribution in [2.75, 3.05) is 0 Å². The number of rotatable bonds is 18. The van der Waals surface area contributed by atoms with Gasteiger partial charge in [-0.15, -0.1) is 0 Å². The lowest BCUT2D eigenvalue weighted by molar-refractivity contribution is -0.123. The van der Waals surface area contributed by atoms with Gasteiger partial charge in [0.05, 0.1) is 0 Å². The summed E-state index contributed by atoms with van der Waals surface area (Å²) in [6, 6.07) is 0. The van der Waals surface area contributed by atoms with E-state index in [2.05, 4.69) is 27.7 Å². The van der Waals surface area contributed by atoms with Gasteiger partial charge in [0.2, 0.25) is 0 Å². The molecular formula is C23H46O. The zero-order valence-electron chi connectivity index (χ0n) is 17.4. The van der Waals surface area contributed by atoms with Crippen molar-refractivity contribution in [3.63, 3.8) is 0 Å². The van der Waals surface area contributed by atoms with Crippen LogP contribution in [-0.4, -0.2) is 5.78 Å². The maximum atomic E-state index is 12.6. The molecule has 1 nitrogen and oxygen atoms in total. The van der Waals surface area contributed by atoms with Crippen LogP contribution in [0.15, 0.2) is 0 Å².